The van der Waals surface area contributed by atoms with Gasteiger partial charge in [-0.15, -0.1) is 12.4 Å². The summed E-state index contributed by atoms with van der Waals surface area (Å²) < 4.78 is 39.3. The Balaban J connectivity index is 0.00000462. The monoisotopic (exact) mass is 618 g/mol. The lowest BCUT2D eigenvalue weighted by Crippen LogP contribution is -2.39. The summed E-state index contributed by atoms with van der Waals surface area (Å²) in [5, 5.41) is 18.4. The van der Waals surface area contributed by atoms with Gasteiger partial charge in [0.15, 0.2) is 16.6 Å². The lowest BCUT2D eigenvalue weighted by Gasteiger charge is -2.25. The smallest absolute Gasteiger partial charge is 0.260 e. The molecule has 2 heterocycles. The van der Waals surface area contributed by atoms with E-state index in [2.05, 4.69) is 18.7 Å². The fourth-order valence-corrected chi connectivity index (χ4v) is 6.70. The van der Waals surface area contributed by atoms with E-state index < -0.39 is 10.0 Å². The lowest BCUT2D eigenvalue weighted by molar-refractivity contribution is 0.0983. The number of nitriles is 2. The van der Waals surface area contributed by atoms with Gasteiger partial charge in [-0.2, -0.15) is 14.8 Å². The number of carbonyl (C=O) groups is 1. The quantitative estimate of drug-likeness (QED) is 0.275. The molecular formula is C27H31ClN6O5S2. The van der Waals surface area contributed by atoms with Crippen molar-refractivity contribution >= 4 is 55.0 Å². The molecule has 1 aliphatic rings. The van der Waals surface area contributed by atoms with Gasteiger partial charge in [-0.05, 0) is 37.4 Å². The third-order valence-corrected chi connectivity index (χ3v) is 9.52. The maximum Gasteiger partial charge on any atom is 0.260 e. The van der Waals surface area contributed by atoms with Crippen molar-refractivity contribution in [2.45, 2.75) is 31.6 Å². The first kappa shape index (κ1) is 32.1. The van der Waals surface area contributed by atoms with E-state index in [9.17, 15) is 13.2 Å². The first-order valence-corrected chi connectivity index (χ1v) is 15.2. The summed E-state index contributed by atoms with van der Waals surface area (Å²) in [7, 11) is -3.95. The molecule has 1 aliphatic heterocycles. The Labute approximate surface area is 250 Å². The van der Waals surface area contributed by atoms with Crippen molar-refractivity contribution in [1.82, 2.24) is 14.2 Å². The van der Waals surface area contributed by atoms with Crippen LogP contribution in [0.1, 0.15) is 37.0 Å². The highest BCUT2D eigenvalue weighted by molar-refractivity contribution is 7.89. The molecule has 4 rings (SSSR count). The van der Waals surface area contributed by atoms with Gasteiger partial charge >= 0.3 is 0 Å². The minimum atomic E-state index is -3.95. The first-order chi connectivity index (χ1) is 19.3. The molecular weight excluding hydrogens is 588 g/mol. The molecule has 0 saturated heterocycles. The van der Waals surface area contributed by atoms with E-state index in [0.29, 0.717) is 40.8 Å². The number of amides is 1. The molecule has 1 amide bonds. The van der Waals surface area contributed by atoms with Crippen LogP contribution in [0.5, 0.6) is 11.5 Å². The fourth-order valence-electron chi connectivity index (χ4n) is 4.26. The van der Waals surface area contributed by atoms with Crippen LogP contribution in [0, 0.1) is 22.7 Å². The highest BCUT2D eigenvalue weighted by Crippen LogP contribution is 2.40. The Morgan fingerprint density at radius 3 is 2.17 bits per heavy atom. The van der Waals surface area contributed by atoms with Crippen LogP contribution in [-0.2, 0) is 10.0 Å². The average molecular weight is 619 g/mol. The van der Waals surface area contributed by atoms with Crippen LogP contribution < -0.4 is 14.4 Å². The molecule has 41 heavy (non-hydrogen) atoms. The third kappa shape index (κ3) is 7.25. The predicted molar refractivity (Wildman–Crippen MR) is 158 cm³/mol. The lowest BCUT2D eigenvalue weighted by atomic mass is 10.2. The number of anilines is 1. The number of aromatic nitrogens is 1. The van der Waals surface area contributed by atoms with Crippen LogP contribution in [0.2, 0.25) is 0 Å². The number of carbonyl (C=O) groups excluding carboxylic acids is 1. The number of nitrogens with zero attached hydrogens (tertiary/aromatic N) is 6. The van der Waals surface area contributed by atoms with Gasteiger partial charge in [0.05, 0.1) is 27.3 Å². The summed E-state index contributed by atoms with van der Waals surface area (Å²) in [5.74, 6) is 0.945. The molecule has 0 saturated carbocycles. The van der Waals surface area contributed by atoms with Gasteiger partial charge in [-0.3, -0.25) is 9.69 Å². The number of likely N-dealkylation sites (N-methyl/N-ethyl adjacent to an activating group) is 1. The summed E-state index contributed by atoms with van der Waals surface area (Å²) in [6.07, 6.45) is 0.0122. The average Bonchev–Trinajstić information content (AvgIpc) is 3.59. The minimum Gasteiger partial charge on any atom is -0.454 e. The van der Waals surface area contributed by atoms with Crippen molar-refractivity contribution in [3.63, 3.8) is 0 Å². The standard InChI is InChI=1S/C27H30N6O5S2.ClH/c1-3-31(4-2)15-16-33(27-30-22-17-23-24(38-19-37-23)18-25(22)39-27)26(34)20-7-9-21(10-8-20)40(35,36)32(13-5-11-28)14-6-12-29;/h7-10,17-18H,3-6,13-16,19H2,1-2H3;1H. The van der Waals surface area contributed by atoms with Gasteiger partial charge in [0.25, 0.3) is 5.91 Å². The molecule has 0 atom stereocenters. The molecule has 14 heteroatoms. The van der Waals surface area contributed by atoms with Crippen molar-refractivity contribution < 1.29 is 22.7 Å². The first-order valence-electron chi connectivity index (χ1n) is 12.9. The Hall–Kier alpha value is -3.46. The largest absolute Gasteiger partial charge is 0.454 e. The molecule has 0 N–H and O–H groups in total. The normalized spacial score (nSPS) is 12.2. The third-order valence-electron chi connectivity index (χ3n) is 6.57. The molecule has 0 bridgehead atoms. The van der Waals surface area contributed by atoms with E-state index in [1.807, 2.05) is 18.2 Å². The molecule has 11 nitrogen and oxygen atoms in total. The van der Waals surface area contributed by atoms with Crippen molar-refractivity contribution in [1.29, 1.82) is 10.5 Å². The van der Waals surface area contributed by atoms with Crippen molar-refractivity contribution in [2.75, 3.05) is 51.0 Å². The SMILES string of the molecule is CCN(CC)CCN(C(=O)c1ccc(S(=O)(=O)N(CCC#N)CCC#N)cc1)c1nc2cc3c(cc2s1)OCO3.Cl. The molecule has 0 radical (unpaired) electrons. The van der Waals surface area contributed by atoms with E-state index in [-0.39, 0.29) is 55.9 Å². The topological polar surface area (TPSA) is 140 Å². The van der Waals surface area contributed by atoms with Crippen molar-refractivity contribution in [3.05, 3.63) is 42.0 Å². The van der Waals surface area contributed by atoms with Gasteiger partial charge in [0, 0.05) is 56.7 Å². The number of hydrogen-bond donors (Lipinski definition) is 0. The molecule has 0 aliphatic carbocycles. The summed E-state index contributed by atoms with van der Waals surface area (Å²) in [6, 6.07) is 13.3. The van der Waals surface area contributed by atoms with Gasteiger partial charge in [-0.1, -0.05) is 25.2 Å². The molecule has 0 fully saturated rings. The van der Waals surface area contributed by atoms with Crippen LogP contribution >= 0.6 is 23.7 Å². The zero-order valence-corrected chi connectivity index (χ0v) is 25.2. The van der Waals surface area contributed by atoms with Crippen LogP contribution in [0.25, 0.3) is 10.2 Å². The van der Waals surface area contributed by atoms with E-state index in [4.69, 9.17) is 25.0 Å². The Bertz CT molecular complexity index is 1490. The molecule has 0 spiro atoms. The number of rotatable bonds is 13. The highest BCUT2D eigenvalue weighted by atomic mass is 35.5. The van der Waals surface area contributed by atoms with Crippen LogP contribution in [0.4, 0.5) is 5.13 Å². The summed E-state index contributed by atoms with van der Waals surface area (Å²) in [6.45, 7) is 6.94. The van der Waals surface area contributed by atoms with Crippen molar-refractivity contribution in [3.8, 4) is 23.6 Å². The molecule has 0 unspecified atom stereocenters. The number of sulfonamides is 1. The Morgan fingerprint density at radius 2 is 1.59 bits per heavy atom. The zero-order chi connectivity index (χ0) is 28.7. The zero-order valence-electron chi connectivity index (χ0n) is 22.8. The maximum absolute atomic E-state index is 13.8. The number of hydrogen-bond acceptors (Lipinski definition) is 10. The van der Waals surface area contributed by atoms with Crippen LogP contribution in [-0.4, -0.2) is 74.6 Å². The number of ether oxygens (including phenoxy) is 2. The van der Waals surface area contributed by atoms with Crippen LogP contribution in [0.15, 0.2) is 41.3 Å². The molecule has 1 aromatic heterocycles. The van der Waals surface area contributed by atoms with Gasteiger partial charge < -0.3 is 14.4 Å². The summed E-state index contributed by atoms with van der Waals surface area (Å²) in [4.78, 5) is 22.3. The Kier molecular flexibility index (Phi) is 11.3. The number of fused-ring (bicyclic) bond motifs is 2. The number of benzene rings is 2. The molecule has 218 valence electrons. The van der Waals surface area contributed by atoms with Gasteiger partial charge in [-0.25, -0.2) is 13.4 Å². The second kappa shape index (κ2) is 14.4. The summed E-state index contributed by atoms with van der Waals surface area (Å²) in [5.41, 5.74) is 1.01. The molecule has 2 aromatic carbocycles. The summed E-state index contributed by atoms with van der Waals surface area (Å²) >= 11 is 1.37. The minimum absolute atomic E-state index is 0. The molecule has 3 aromatic rings. The Morgan fingerprint density at radius 1 is 0.976 bits per heavy atom. The number of halogens is 1. The van der Waals surface area contributed by atoms with E-state index in [0.717, 1.165) is 22.1 Å². The van der Waals surface area contributed by atoms with Gasteiger partial charge in [0.2, 0.25) is 16.8 Å². The second-order valence-electron chi connectivity index (χ2n) is 8.90. The highest BCUT2D eigenvalue weighted by Gasteiger charge is 2.27. The second-order valence-corrected chi connectivity index (χ2v) is 11.8. The van der Waals surface area contributed by atoms with E-state index in [1.54, 1.807) is 11.0 Å². The number of thiazole rings is 1. The van der Waals surface area contributed by atoms with Crippen LogP contribution in [0.3, 0.4) is 0 Å². The van der Waals surface area contributed by atoms with Crippen molar-refractivity contribution in [2.24, 2.45) is 0 Å². The van der Waals surface area contributed by atoms with E-state index in [1.165, 1.54) is 35.6 Å². The fraction of sp³-hybridized carbons (Fsp3) is 0.407. The predicted octanol–water partition coefficient (Wildman–Crippen LogP) is 4.25. The van der Waals surface area contributed by atoms with E-state index >= 15 is 0 Å². The van der Waals surface area contributed by atoms with Gasteiger partial charge in [0.1, 0.15) is 0 Å². The maximum atomic E-state index is 13.8.